The molecule has 0 amide bonds. The smallest absolute Gasteiger partial charge is 0.308 e. The van der Waals surface area contributed by atoms with Crippen LogP contribution >= 0.6 is 35.6 Å². The van der Waals surface area contributed by atoms with Crippen LogP contribution < -0.4 is 5.32 Å². The zero-order valence-electron chi connectivity index (χ0n) is 14.1. The van der Waals surface area contributed by atoms with E-state index in [1.807, 2.05) is 31.2 Å². The lowest BCUT2D eigenvalue weighted by atomic mass is 9.97. The molecular formula is C17H25ClIN3O2. The van der Waals surface area contributed by atoms with Crippen LogP contribution in [0.15, 0.2) is 29.3 Å². The van der Waals surface area contributed by atoms with Gasteiger partial charge in [-0.15, -0.1) is 24.0 Å². The monoisotopic (exact) mass is 465 g/mol. The number of hydrogen-bond donors (Lipinski definition) is 1. The maximum absolute atomic E-state index is 11.6. The first-order valence-corrected chi connectivity index (χ1v) is 8.38. The zero-order valence-corrected chi connectivity index (χ0v) is 17.2. The number of nitrogens with one attached hydrogen (secondary N) is 1. The van der Waals surface area contributed by atoms with Crippen molar-refractivity contribution in [3.8, 4) is 0 Å². The number of carbonyl (C=O) groups excluding carboxylic acids is 1. The molecule has 0 aliphatic carbocycles. The lowest BCUT2D eigenvalue weighted by Crippen LogP contribution is -2.46. The van der Waals surface area contributed by atoms with Gasteiger partial charge in [-0.1, -0.05) is 29.8 Å². The van der Waals surface area contributed by atoms with Crippen LogP contribution in [-0.2, 0) is 16.1 Å². The van der Waals surface area contributed by atoms with Crippen molar-refractivity contribution < 1.29 is 9.53 Å². The van der Waals surface area contributed by atoms with Gasteiger partial charge in [-0.3, -0.25) is 4.79 Å². The Balaban J connectivity index is 0.00000288. The molecule has 0 radical (unpaired) electrons. The molecule has 1 aromatic carbocycles. The largest absolute Gasteiger partial charge is 0.469 e. The molecule has 2 rings (SSSR count). The highest BCUT2D eigenvalue weighted by molar-refractivity contribution is 14.0. The van der Waals surface area contributed by atoms with E-state index in [0.29, 0.717) is 6.54 Å². The predicted molar refractivity (Wildman–Crippen MR) is 108 cm³/mol. The van der Waals surface area contributed by atoms with Gasteiger partial charge in [0.15, 0.2) is 5.96 Å². The molecule has 1 aromatic rings. The normalized spacial score (nSPS) is 15.6. The molecule has 0 unspecified atom stereocenters. The summed E-state index contributed by atoms with van der Waals surface area (Å²) in [5.74, 6) is 0.765. The highest BCUT2D eigenvalue weighted by Crippen LogP contribution is 2.19. The molecule has 1 saturated heterocycles. The summed E-state index contributed by atoms with van der Waals surface area (Å²) in [5, 5.41) is 4.05. The molecule has 0 saturated carbocycles. The van der Waals surface area contributed by atoms with E-state index >= 15 is 0 Å². The first-order valence-electron chi connectivity index (χ1n) is 8.00. The molecule has 1 heterocycles. The van der Waals surface area contributed by atoms with Gasteiger partial charge in [0.2, 0.25) is 0 Å². The average Bonchev–Trinajstić information content (AvgIpc) is 2.59. The van der Waals surface area contributed by atoms with E-state index in [2.05, 4.69) is 15.2 Å². The molecule has 0 aromatic heterocycles. The summed E-state index contributed by atoms with van der Waals surface area (Å²) in [5.41, 5.74) is 1.01. The third-order valence-electron chi connectivity index (χ3n) is 4.02. The van der Waals surface area contributed by atoms with E-state index < -0.39 is 0 Å². The molecule has 1 fully saturated rings. The quantitative estimate of drug-likeness (QED) is 0.321. The highest BCUT2D eigenvalue weighted by atomic mass is 127. The van der Waals surface area contributed by atoms with Crippen LogP contribution in [0.3, 0.4) is 0 Å². The van der Waals surface area contributed by atoms with Crippen LogP contribution in [0.1, 0.15) is 25.3 Å². The van der Waals surface area contributed by atoms with Crippen LogP contribution in [0.4, 0.5) is 0 Å². The van der Waals surface area contributed by atoms with Gasteiger partial charge in [-0.25, -0.2) is 4.99 Å². The van der Waals surface area contributed by atoms with Gasteiger partial charge in [0, 0.05) is 24.7 Å². The second-order valence-corrected chi connectivity index (χ2v) is 5.95. The first-order chi connectivity index (χ1) is 11.2. The summed E-state index contributed by atoms with van der Waals surface area (Å²) >= 11 is 6.19. The first kappa shape index (κ1) is 21.0. The van der Waals surface area contributed by atoms with Crippen molar-refractivity contribution in [2.75, 3.05) is 26.7 Å². The Bertz CT molecular complexity index is 561. The zero-order chi connectivity index (χ0) is 16.7. The van der Waals surface area contributed by atoms with Gasteiger partial charge in [-0.05, 0) is 31.4 Å². The maximum Gasteiger partial charge on any atom is 0.308 e. The van der Waals surface area contributed by atoms with Gasteiger partial charge in [-0.2, -0.15) is 0 Å². The number of methoxy groups -OCH3 is 1. The lowest BCUT2D eigenvalue weighted by Gasteiger charge is -2.33. The van der Waals surface area contributed by atoms with E-state index in [4.69, 9.17) is 16.3 Å². The fourth-order valence-corrected chi connectivity index (χ4v) is 2.90. The van der Waals surface area contributed by atoms with Crippen molar-refractivity contribution >= 4 is 47.5 Å². The Labute approximate surface area is 165 Å². The third-order valence-corrected chi connectivity index (χ3v) is 4.39. The van der Waals surface area contributed by atoms with E-state index in [1.165, 1.54) is 7.11 Å². The molecule has 5 nitrogen and oxygen atoms in total. The molecule has 0 bridgehead atoms. The number of rotatable bonds is 4. The van der Waals surface area contributed by atoms with Gasteiger partial charge in [0.05, 0.1) is 19.6 Å². The fourth-order valence-electron chi connectivity index (χ4n) is 2.71. The second kappa shape index (κ2) is 10.8. The molecule has 1 N–H and O–H groups in total. The van der Waals surface area contributed by atoms with Crippen LogP contribution in [0, 0.1) is 5.92 Å². The summed E-state index contributed by atoms with van der Waals surface area (Å²) in [4.78, 5) is 18.5. The minimum Gasteiger partial charge on any atom is -0.469 e. The number of piperidine rings is 1. The number of benzene rings is 1. The van der Waals surface area contributed by atoms with E-state index in [1.54, 1.807) is 0 Å². The number of hydrogen-bond acceptors (Lipinski definition) is 3. The predicted octanol–water partition coefficient (Wildman–Crippen LogP) is 3.31. The summed E-state index contributed by atoms with van der Waals surface area (Å²) in [6.45, 7) is 4.99. The fraction of sp³-hybridized carbons (Fsp3) is 0.529. The Morgan fingerprint density at radius 1 is 1.38 bits per heavy atom. The number of nitrogens with zero attached hydrogens (tertiary/aromatic N) is 2. The van der Waals surface area contributed by atoms with Crippen molar-refractivity contribution in [2.24, 2.45) is 10.9 Å². The summed E-state index contributed by atoms with van der Waals surface area (Å²) in [7, 11) is 1.45. The number of aliphatic imine (C=N–C) groups is 1. The van der Waals surface area contributed by atoms with Crippen molar-refractivity contribution in [1.29, 1.82) is 0 Å². The second-order valence-electron chi connectivity index (χ2n) is 5.55. The Hall–Kier alpha value is -1.02. The molecule has 1 aliphatic heterocycles. The summed E-state index contributed by atoms with van der Waals surface area (Å²) in [6.07, 6.45) is 1.59. The molecule has 24 heavy (non-hydrogen) atoms. The molecule has 134 valence electrons. The van der Waals surface area contributed by atoms with Gasteiger partial charge in [0.1, 0.15) is 0 Å². The molecule has 7 heteroatoms. The number of carbonyl (C=O) groups is 1. The van der Waals surface area contributed by atoms with Gasteiger partial charge in [0.25, 0.3) is 0 Å². The van der Waals surface area contributed by atoms with Crippen molar-refractivity contribution in [3.63, 3.8) is 0 Å². The van der Waals surface area contributed by atoms with Crippen LogP contribution in [0.25, 0.3) is 0 Å². The van der Waals surface area contributed by atoms with Crippen LogP contribution in [-0.4, -0.2) is 43.6 Å². The molecule has 1 aliphatic rings. The average molecular weight is 466 g/mol. The Morgan fingerprint density at radius 2 is 2.04 bits per heavy atom. The van der Waals surface area contributed by atoms with Crippen molar-refractivity contribution in [2.45, 2.75) is 26.3 Å². The molecule has 0 atom stereocenters. The summed E-state index contributed by atoms with van der Waals surface area (Å²) in [6, 6.07) is 7.74. The third kappa shape index (κ3) is 5.81. The Kier molecular flexibility index (Phi) is 9.43. The Morgan fingerprint density at radius 3 is 2.62 bits per heavy atom. The van der Waals surface area contributed by atoms with E-state index in [-0.39, 0.29) is 35.9 Å². The van der Waals surface area contributed by atoms with E-state index in [0.717, 1.165) is 49.0 Å². The highest BCUT2D eigenvalue weighted by Gasteiger charge is 2.26. The summed E-state index contributed by atoms with van der Waals surface area (Å²) < 4.78 is 4.83. The lowest BCUT2D eigenvalue weighted by molar-refractivity contribution is -0.146. The maximum atomic E-state index is 11.6. The number of esters is 1. The standard InChI is InChI=1S/C17H24ClN3O2.HI/c1-3-19-17(20-12-14-6-4-5-7-15(14)18)21-10-8-13(9-11-21)16(22)23-2;/h4-7,13H,3,8-12H2,1-2H3,(H,19,20);1H. The van der Waals surface area contributed by atoms with Crippen molar-refractivity contribution in [3.05, 3.63) is 34.9 Å². The minimum absolute atomic E-state index is 0. The number of halogens is 2. The topological polar surface area (TPSA) is 53.9 Å². The SMILES string of the molecule is CCNC(=NCc1ccccc1Cl)N1CCC(C(=O)OC)CC1.I. The van der Waals surface area contributed by atoms with Crippen LogP contribution in [0.2, 0.25) is 5.02 Å². The molecular weight excluding hydrogens is 441 g/mol. The van der Waals surface area contributed by atoms with E-state index in [9.17, 15) is 4.79 Å². The number of guanidine groups is 1. The van der Waals surface area contributed by atoms with Gasteiger partial charge < -0.3 is 15.0 Å². The number of likely N-dealkylation sites (tertiary alicyclic amines) is 1. The number of ether oxygens (including phenoxy) is 1. The van der Waals surface area contributed by atoms with Crippen molar-refractivity contribution in [1.82, 2.24) is 10.2 Å². The van der Waals surface area contributed by atoms with Crippen LogP contribution in [0.5, 0.6) is 0 Å². The van der Waals surface area contributed by atoms with Gasteiger partial charge >= 0.3 is 5.97 Å². The molecule has 0 spiro atoms. The minimum atomic E-state index is -0.109.